The smallest absolute Gasteiger partial charge is 0.423 e. The Hall–Kier alpha value is -1.84. The number of nitrogens with zero attached hydrogens (tertiary/aromatic N) is 2. The Morgan fingerprint density at radius 2 is 2.14 bits per heavy atom. The van der Waals surface area contributed by atoms with E-state index in [9.17, 15) is 18.2 Å². The number of fused-ring (bicyclic) bond motifs is 1. The van der Waals surface area contributed by atoms with Crippen molar-refractivity contribution in [3.05, 3.63) is 40.7 Å². The molecule has 1 aliphatic rings. The molecule has 2 N–H and O–H groups in total. The van der Waals surface area contributed by atoms with Gasteiger partial charge in [0.1, 0.15) is 10.7 Å². The van der Waals surface area contributed by atoms with Crippen molar-refractivity contribution in [3.63, 3.8) is 0 Å². The zero-order chi connectivity index (χ0) is 15.9. The van der Waals surface area contributed by atoms with Crippen molar-refractivity contribution in [2.45, 2.75) is 12.8 Å². The molecule has 2 heterocycles. The number of hydrogen-bond donors (Lipinski definition) is 2. The molecule has 114 valence electrons. The number of anilines is 2. The van der Waals surface area contributed by atoms with Crippen LogP contribution in [0.5, 0.6) is 0 Å². The summed E-state index contributed by atoms with van der Waals surface area (Å²) in [7, 11) is -0.958. The van der Waals surface area contributed by atoms with Crippen LogP contribution in [0.1, 0.15) is 11.1 Å². The zero-order valence-corrected chi connectivity index (χ0v) is 11.6. The second kappa shape index (κ2) is 5.42. The normalized spacial score (nSPS) is 14.1. The number of halogens is 4. The van der Waals surface area contributed by atoms with Crippen molar-refractivity contribution in [3.8, 4) is 0 Å². The highest BCUT2D eigenvalue weighted by atomic mass is 35.5. The monoisotopic (exact) mass is 329 g/mol. The third-order valence-electron chi connectivity index (χ3n) is 3.11. The van der Waals surface area contributed by atoms with Crippen molar-refractivity contribution < 1.29 is 22.8 Å². The van der Waals surface area contributed by atoms with E-state index < -0.39 is 24.0 Å². The predicted molar refractivity (Wildman–Crippen MR) is 74.2 cm³/mol. The molecular weight excluding hydrogens is 321 g/mol. The molecule has 0 fully saturated rings. The van der Waals surface area contributed by atoms with Crippen LogP contribution in [0.2, 0.25) is 5.15 Å². The highest BCUT2D eigenvalue weighted by Crippen LogP contribution is 2.33. The Morgan fingerprint density at radius 3 is 2.82 bits per heavy atom. The van der Waals surface area contributed by atoms with Crippen LogP contribution in [0.25, 0.3) is 0 Å². The second-order valence-corrected chi connectivity index (χ2v) is 4.96. The first-order valence-electron chi connectivity index (χ1n) is 6.14. The summed E-state index contributed by atoms with van der Waals surface area (Å²) >= 11 is 5.53. The Bertz CT molecular complexity index is 729. The van der Waals surface area contributed by atoms with Crippen molar-refractivity contribution in [2.75, 3.05) is 5.32 Å². The summed E-state index contributed by atoms with van der Waals surface area (Å²) in [6.45, 7) is 0.251. The van der Waals surface area contributed by atoms with Gasteiger partial charge in [0.05, 0.1) is 6.61 Å². The molecule has 2 aromatic rings. The molecule has 1 aromatic heterocycles. The molecule has 3 rings (SSSR count). The fraction of sp³-hybridized carbons (Fsp3) is 0.167. The van der Waals surface area contributed by atoms with Gasteiger partial charge < -0.3 is 15.0 Å². The summed E-state index contributed by atoms with van der Waals surface area (Å²) in [5.74, 6) is -0.0580. The third kappa shape index (κ3) is 2.87. The molecule has 0 bridgehead atoms. The van der Waals surface area contributed by atoms with Crippen molar-refractivity contribution in [1.29, 1.82) is 0 Å². The second-order valence-electron chi connectivity index (χ2n) is 4.60. The van der Waals surface area contributed by atoms with Crippen LogP contribution in [-0.4, -0.2) is 22.1 Å². The molecule has 0 amide bonds. The highest BCUT2D eigenvalue weighted by Gasteiger charge is 2.34. The number of alkyl halides is 3. The molecule has 10 heteroatoms. The van der Waals surface area contributed by atoms with E-state index in [1.165, 1.54) is 0 Å². The van der Waals surface area contributed by atoms with Crippen molar-refractivity contribution in [2.24, 2.45) is 0 Å². The van der Waals surface area contributed by atoms with Crippen LogP contribution in [0.4, 0.5) is 24.8 Å². The molecule has 0 saturated carbocycles. The van der Waals surface area contributed by atoms with Gasteiger partial charge in [-0.3, -0.25) is 0 Å². The summed E-state index contributed by atoms with van der Waals surface area (Å²) < 4.78 is 42.8. The van der Waals surface area contributed by atoms with Crippen LogP contribution in [-0.2, 0) is 17.4 Å². The lowest BCUT2D eigenvalue weighted by molar-refractivity contribution is -0.137. The molecule has 0 saturated heterocycles. The summed E-state index contributed by atoms with van der Waals surface area (Å²) in [5, 5.41) is 11.6. The SMILES string of the molecule is OB1OCc2cc(Nc3ncc(C(F)(F)F)c(Cl)n3)ccc21. The van der Waals surface area contributed by atoms with Crippen molar-refractivity contribution >= 4 is 35.8 Å². The van der Waals surface area contributed by atoms with Gasteiger partial charge in [0.15, 0.2) is 0 Å². The number of rotatable bonds is 2. The fourth-order valence-corrected chi connectivity index (χ4v) is 2.28. The van der Waals surface area contributed by atoms with Gasteiger partial charge in [0, 0.05) is 11.9 Å². The van der Waals surface area contributed by atoms with Gasteiger partial charge in [-0.15, -0.1) is 0 Å². The van der Waals surface area contributed by atoms with E-state index in [2.05, 4.69) is 15.3 Å². The van der Waals surface area contributed by atoms with Gasteiger partial charge in [0.25, 0.3) is 0 Å². The topological polar surface area (TPSA) is 67.3 Å². The number of benzene rings is 1. The average molecular weight is 329 g/mol. The number of hydrogen-bond acceptors (Lipinski definition) is 5. The molecule has 22 heavy (non-hydrogen) atoms. The van der Waals surface area contributed by atoms with Crippen LogP contribution < -0.4 is 10.8 Å². The van der Waals surface area contributed by atoms with Gasteiger partial charge in [-0.25, -0.2) is 9.97 Å². The van der Waals surface area contributed by atoms with Gasteiger partial charge in [0.2, 0.25) is 5.95 Å². The first-order chi connectivity index (χ1) is 10.3. The summed E-state index contributed by atoms with van der Waals surface area (Å²) in [5.41, 5.74) is 0.880. The first kappa shape index (κ1) is 15.1. The quantitative estimate of drug-likeness (QED) is 0.652. The zero-order valence-electron chi connectivity index (χ0n) is 10.9. The molecule has 0 radical (unpaired) electrons. The lowest BCUT2D eigenvalue weighted by Crippen LogP contribution is -2.27. The Balaban J connectivity index is 1.84. The van der Waals surface area contributed by atoms with E-state index in [1.54, 1.807) is 18.2 Å². The molecule has 0 unspecified atom stereocenters. The average Bonchev–Trinajstić information content (AvgIpc) is 2.78. The number of aromatic nitrogens is 2. The largest absolute Gasteiger partial charge is 0.491 e. The van der Waals surface area contributed by atoms with E-state index >= 15 is 0 Å². The lowest BCUT2D eigenvalue weighted by Gasteiger charge is -2.10. The van der Waals surface area contributed by atoms with Gasteiger partial charge in [-0.05, 0) is 23.2 Å². The Labute approximate surface area is 128 Å². The summed E-state index contributed by atoms with van der Waals surface area (Å²) in [4.78, 5) is 7.19. The standard InChI is InChI=1S/C12H8BClF3N3O2/c14-10-8(12(15,16)17)4-18-11(20-10)19-7-1-2-9-6(3-7)5-22-13(9)21/h1-4,21H,5H2,(H,18,19,20). The molecule has 1 aromatic carbocycles. The third-order valence-corrected chi connectivity index (χ3v) is 3.40. The minimum absolute atomic E-state index is 0.0580. The van der Waals surface area contributed by atoms with Gasteiger partial charge >= 0.3 is 13.3 Å². The van der Waals surface area contributed by atoms with Crippen LogP contribution in [0, 0.1) is 0 Å². The van der Waals surface area contributed by atoms with E-state index in [1.807, 2.05) is 0 Å². The molecule has 5 nitrogen and oxygen atoms in total. The van der Waals surface area contributed by atoms with E-state index in [0.29, 0.717) is 17.3 Å². The minimum Gasteiger partial charge on any atom is -0.423 e. The van der Waals surface area contributed by atoms with Gasteiger partial charge in [-0.1, -0.05) is 17.7 Å². The molecule has 0 atom stereocenters. The Kier molecular flexibility index (Phi) is 3.71. The molecular formula is C12H8BClF3N3O2. The summed E-state index contributed by atoms with van der Waals surface area (Å²) in [6.07, 6.45) is -3.98. The van der Waals surface area contributed by atoms with E-state index in [4.69, 9.17) is 16.3 Å². The van der Waals surface area contributed by atoms with E-state index in [-0.39, 0.29) is 12.6 Å². The highest BCUT2D eigenvalue weighted by molar-refractivity contribution is 6.61. The maximum atomic E-state index is 12.6. The number of nitrogens with one attached hydrogen (secondary N) is 1. The lowest BCUT2D eigenvalue weighted by atomic mass is 9.79. The molecule has 0 spiro atoms. The maximum absolute atomic E-state index is 12.6. The molecule has 1 aliphatic heterocycles. The predicted octanol–water partition coefficient (Wildman–Crippen LogP) is 2.11. The van der Waals surface area contributed by atoms with Crippen LogP contribution in [0.15, 0.2) is 24.4 Å². The fourth-order valence-electron chi connectivity index (χ4n) is 2.05. The maximum Gasteiger partial charge on any atom is 0.491 e. The van der Waals surface area contributed by atoms with Gasteiger partial charge in [-0.2, -0.15) is 13.2 Å². The van der Waals surface area contributed by atoms with Crippen molar-refractivity contribution in [1.82, 2.24) is 9.97 Å². The summed E-state index contributed by atoms with van der Waals surface area (Å²) in [6, 6.07) is 4.98. The first-order valence-corrected chi connectivity index (χ1v) is 6.51. The van der Waals surface area contributed by atoms with E-state index in [0.717, 1.165) is 5.56 Å². The minimum atomic E-state index is -4.60. The Morgan fingerprint density at radius 1 is 1.36 bits per heavy atom. The van der Waals surface area contributed by atoms with Crippen LogP contribution in [0.3, 0.4) is 0 Å². The van der Waals surface area contributed by atoms with Crippen LogP contribution >= 0.6 is 11.6 Å². The molecule has 0 aliphatic carbocycles.